The Morgan fingerprint density at radius 3 is 2.43 bits per heavy atom. The SMILES string of the molecule is CC(C)Oc1ccc(C(=O)N(Cc2ccccc2Cl)[C@H]2CCS(=O)(=O)C2)cc1. The molecule has 150 valence electrons. The highest BCUT2D eigenvalue weighted by Gasteiger charge is 2.35. The van der Waals surface area contributed by atoms with Crippen LogP contribution in [0.25, 0.3) is 0 Å². The first-order chi connectivity index (χ1) is 13.2. The number of carbonyl (C=O) groups excluding carboxylic acids is 1. The van der Waals surface area contributed by atoms with Gasteiger partial charge in [0, 0.05) is 23.2 Å². The van der Waals surface area contributed by atoms with Gasteiger partial charge in [-0.1, -0.05) is 29.8 Å². The first-order valence-electron chi connectivity index (χ1n) is 9.27. The van der Waals surface area contributed by atoms with E-state index in [1.54, 1.807) is 35.2 Å². The largest absolute Gasteiger partial charge is 0.491 e. The van der Waals surface area contributed by atoms with Crippen LogP contribution in [0.5, 0.6) is 5.75 Å². The van der Waals surface area contributed by atoms with Gasteiger partial charge >= 0.3 is 0 Å². The van der Waals surface area contributed by atoms with E-state index in [0.29, 0.717) is 22.8 Å². The molecular weight excluding hydrogens is 398 g/mol. The Bertz CT molecular complexity index is 941. The molecule has 5 nitrogen and oxygen atoms in total. The molecule has 7 heteroatoms. The number of sulfone groups is 1. The number of hydrogen-bond donors (Lipinski definition) is 0. The molecule has 0 saturated carbocycles. The van der Waals surface area contributed by atoms with Gasteiger partial charge in [-0.2, -0.15) is 0 Å². The average molecular weight is 422 g/mol. The standard InChI is InChI=1S/C21H24ClNO4S/c1-15(2)27-19-9-7-16(8-10-19)21(24)23(18-11-12-28(25,26)14-18)13-17-5-3-4-6-20(17)22/h3-10,15,18H,11-14H2,1-2H3/t18-/m0/s1. The Balaban J connectivity index is 1.87. The van der Waals surface area contributed by atoms with Crippen LogP contribution in [0.1, 0.15) is 36.2 Å². The first-order valence-corrected chi connectivity index (χ1v) is 11.5. The smallest absolute Gasteiger partial charge is 0.254 e. The van der Waals surface area contributed by atoms with Gasteiger partial charge in [-0.3, -0.25) is 4.79 Å². The predicted molar refractivity (Wildman–Crippen MR) is 111 cm³/mol. The van der Waals surface area contributed by atoms with E-state index in [1.807, 2.05) is 32.0 Å². The van der Waals surface area contributed by atoms with Crippen molar-refractivity contribution in [1.82, 2.24) is 4.90 Å². The van der Waals surface area contributed by atoms with Crippen LogP contribution >= 0.6 is 11.6 Å². The summed E-state index contributed by atoms with van der Waals surface area (Å²) in [5.74, 6) is 0.564. The Kier molecular flexibility index (Phi) is 6.30. The minimum absolute atomic E-state index is 0.0161. The minimum atomic E-state index is -3.13. The molecule has 0 bridgehead atoms. The molecule has 3 rings (SSSR count). The topological polar surface area (TPSA) is 63.7 Å². The second kappa shape index (κ2) is 8.53. The van der Waals surface area contributed by atoms with Gasteiger partial charge in [0.2, 0.25) is 0 Å². The average Bonchev–Trinajstić information content (AvgIpc) is 3.00. The van der Waals surface area contributed by atoms with Crippen LogP contribution in [0.2, 0.25) is 5.02 Å². The molecule has 1 heterocycles. The van der Waals surface area contributed by atoms with Crippen LogP contribution in [-0.4, -0.2) is 42.9 Å². The number of amides is 1. The van der Waals surface area contributed by atoms with E-state index in [0.717, 1.165) is 5.56 Å². The third-order valence-corrected chi connectivity index (χ3v) is 6.80. The molecule has 2 aromatic carbocycles. The Morgan fingerprint density at radius 2 is 1.86 bits per heavy atom. The minimum Gasteiger partial charge on any atom is -0.491 e. The van der Waals surface area contributed by atoms with Crippen LogP contribution in [0.4, 0.5) is 0 Å². The summed E-state index contributed by atoms with van der Waals surface area (Å²) >= 11 is 6.28. The molecule has 0 aliphatic carbocycles. The van der Waals surface area contributed by atoms with Crippen molar-refractivity contribution < 1.29 is 17.9 Å². The van der Waals surface area contributed by atoms with Gasteiger partial charge < -0.3 is 9.64 Å². The normalized spacial score (nSPS) is 18.2. The lowest BCUT2D eigenvalue weighted by Gasteiger charge is -2.29. The van der Waals surface area contributed by atoms with E-state index in [-0.39, 0.29) is 36.1 Å². The molecule has 1 atom stereocenters. The molecule has 1 aliphatic rings. The van der Waals surface area contributed by atoms with Crippen LogP contribution < -0.4 is 4.74 Å². The number of halogens is 1. The highest BCUT2D eigenvalue weighted by Crippen LogP contribution is 2.25. The number of hydrogen-bond acceptors (Lipinski definition) is 4. The Hall–Kier alpha value is -2.05. The molecule has 28 heavy (non-hydrogen) atoms. The quantitative estimate of drug-likeness (QED) is 0.708. The van der Waals surface area contributed by atoms with Crippen molar-refractivity contribution >= 4 is 27.3 Å². The summed E-state index contributed by atoms with van der Waals surface area (Å²) in [7, 11) is -3.13. The fourth-order valence-corrected chi connectivity index (χ4v) is 5.24. The van der Waals surface area contributed by atoms with Gasteiger partial charge in [-0.15, -0.1) is 0 Å². The third kappa shape index (κ3) is 5.06. The monoisotopic (exact) mass is 421 g/mol. The lowest BCUT2D eigenvalue weighted by Crippen LogP contribution is -2.40. The molecule has 0 N–H and O–H groups in total. The summed E-state index contributed by atoms with van der Waals surface area (Å²) in [6, 6.07) is 13.9. The number of carbonyl (C=O) groups is 1. The van der Waals surface area contributed by atoms with Gasteiger partial charge in [-0.25, -0.2) is 8.42 Å². The van der Waals surface area contributed by atoms with Crippen molar-refractivity contribution in [3.05, 3.63) is 64.7 Å². The summed E-state index contributed by atoms with van der Waals surface area (Å²) in [6.45, 7) is 4.14. The highest BCUT2D eigenvalue weighted by atomic mass is 35.5. The lowest BCUT2D eigenvalue weighted by atomic mass is 10.1. The summed E-state index contributed by atoms with van der Waals surface area (Å²) in [6.07, 6.45) is 0.481. The molecule has 0 aromatic heterocycles. The van der Waals surface area contributed by atoms with E-state index < -0.39 is 9.84 Å². The van der Waals surface area contributed by atoms with Gasteiger partial charge in [0.15, 0.2) is 9.84 Å². The summed E-state index contributed by atoms with van der Waals surface area (Å²) in [4.78, 5) is 14.9. The Morgan fingerprint density at radius 1 is 1.18 bits per heavy atom. The molecular formula is C21H24ClNO4S. The highest BCUT2D eigenvalue weighted by molar-refractivity contribution is 7.91. The van der Waals surface area contributed by atoms with Crippen molar-refractivity contribution in [1.29, 1.82) is 0 Å². The number of ether oxygens (including phenoxy) is 1. The van der Waals surface area contributed by atoms with Crippen LogP contribution in [0.15, 0.2) is 48.5 Å². The van der Waals surface area contributed by atoms with Crippen molar-refractivity contribution in [2.75, 3.05) is 11.5 Å². The molecule has 1 saturated heterocycles. The second-order valence-electron chi connectivity index (χ2n) is 7.27. The summed E-state index contributed by atoms with van der Waals surface area (Å²) < 4.78 is 29.6. The van der Waals surface area contributed by atoms with E-state index in [4.69, 9.17) is 16.3 Å². The molecule has 0 unspecified atom stereocenters. The Labute approximate surface area is 171 Å². The van der Waals surface area contributed by atoms with Crippen LogP contribution in [0.3, 0.4) is 0 Å². The molecule has 2 aromatic rings. The maximum Gasteiger partial charge on any atom is 0.254 e. The van der Waals surface area contributed by atoms with Gasteiger partial charge in [0.1, 0.15) is 5.75 Å². The summed E-state index contributed by atoms with van der Waals surface area (Å²) in [5, 5.41) is 0.557. The fraction of sp³-hybridized carbons (Fsp3) is 0.381. The number of rotatable bonds is 6. The fourth-order valence-electron chi connectivity index (χ4n) is 3.31. The molecule has 1 aliphatic heterocycles. The van der Waals surface area contributed by atoms with Crippen molar-refractivity contribution in [3.8, 4) is 5.75 Å². The zero-order chi connectivity index (χ0) is 20.3. The zero-order valence-electron chi connectivity index (χ0n) is 16.0. The van der Waals surface area contributed by atoms with E-state index in [1.165, 1.54) is 0 Å². The second-order valence-corrected chi connectivity index (χ2v) is 9.91. The van der Waals surface area contributed by atoms with Crippen molar-refractivity contribution in [3.63, 3.8) is 0 Å². The molecule has 1 amide bonds. The van der Waals surface area contributed by atoms with E-state index in [9.17, 15) is 13.2 Å². The van der Waals surface area contributed by atoms with Crippen LogP contribution in [0, 0.1) is 0 Å². The predicted octanol–water partition coefficient (Wildman–Crippen LogP) is 3.96. The summed E-state index contributed by atoms with van der Waals surface area (Å²) in [5.41, 5.74) is 1.29. The molecule has 1 fully saturated rings. The molecule has 0 spiro atoms. The first kappa shape index (κ1) is 20.7. The molecule has 0 radical (unpaired) electrons. The zero-order valence-corrected chi connectivity index (χ0v) is 17.5. The third-order valence-electron chi connectivity index (χ3n) is 4.68. The maximum atomic E-state index is 13.2. The number of benzene rings is 2. The lowest BCUT2D eigenvalue weighted by molar-refractivity contribution is 0.0681. The van der Waals surface area contributed by atoms with Crippen molar-refractivity contribution in [2.45, 2.75) is 39.0 Å². The maximum absolute atomic E-state index is 13.2. The van der Waals surface area contributed by atoms with Crippen molar-refractivity contribution in [2.24, 2.45) is 0 Å². The number of nitrogens with zero attached hydrogens (tertiary/aromatic N) is 1. The van der Waals surface area contributed by atoms with E-state index in [2.05, 4.69) is 0 Å². The van der Waals surface area contributed by atoms with Gasteiger partial charge in [0.05, 0.1) is 17.6 Å². The van der Waals surface area contributed by atoms with Gasteiger partial charge in [0.25, 0.3) is 5.91 Å². The van der Waals surface area contributed by atoms with E-state index >= 15 is 0 Å². The van der Waals surface area contributed by atoms with Crippen LogP contribution in [-0.2, 0) is 16.4 Å². The van der Waals surface area contributed by atoms with Gasteiger partial charge in [-0.05, 0) is 56.2 Å².